The standard InChI is InChI=1S/C14H17F2NO2/c15-12-4-3-10(6-13(12)16)7-14(19)17-5-1-2-11(8-17)9-18/h3-4,6,11,18H,1-2,5,7-9H2. The molecule has 0 aliphatic carbocycles. The van der Waals surface area contributed by atoms with Gasteiger partial charge in [-0.1, -0.05) is 6.07 Å². The third-order valence-corrected chi connectivity index (χ3v) is 3.47. The van der Waals surface area contributed by atoms with Gasteiger partial charge in [0.25, 0.3) is 0 Å². The summed E-state index contributed by atoms with van der Waals surface area (Å²) < 4.78 is 25.8. The molecule has 104 valence electrons. The Hall–Kier alpha value is -1.49. The van der Waals surface area contributed by atoms with Gasteiger partial charge in [-0.3, -0.25) is 4.79 Å². The van der Waals surface area contributed by atoms with Crippen LogP contribution in [-0.4, -0.2) is 35.6 Å². The number of carbonyl (C=O) groups is 1. The average Bonchev–Trinajstić information content (AvgIpc) is 2.43. The second kappa shape index (κ2) is 6.10. The summed E-state index contributed by atoms with van der Waals surface area (Å²) in [7, 11) is 0. The van der Waals surface area contributed by atoms with E-state index in [1.165, 1.54) is 6.07 Å². The minimum Gasteiger partial charge on any atom is -0.396 e. The fraction of sp³-hybridized carbons (Fsp3) is 0.500. The summed E-state index contributed by atoms with van der Waals surface area (Å²) in [6.07, 6.45) is 1.86. The first-order valence-corrected chi connectivity index (χ1v) is 6.42. The number of hydrogen-bond donors (Lipinski definition) is 1. The maximum atomic E-state index is 13.1. The molecule has 2 rings (SSSR count). The molecule has 1 N–H and O–H groups in total. The Bertz CT molecular complexity index is 465. The first-order valence-electron chi connectivity index (χ1n) is 6.42. The lowest BCUT2D eigenvalue weighted by molar-refractivity contribution is -0.132. The molecule has 1 aromatic rings. The first kappa shape index (κ1) is 13.9. The van der Waals surface area contributed by atoms with Gasteiger partial charge in [-0.25, -0.2) is 8.78 Å². The molecule has 0 bridgehead atoms. The van der Waals surface area contributed by atoms with E-state index in [4.69, 9.17) is 5.11 Å². The summed E-state index contributed by atoms with van der Waals surface area (Å²) in [5, 5.41) is 9.12. The Morgan fingerprint density at radius 3 is 2.84 bits per heavy atom. The van der Waals surface area contributed by atoms with E-state index in [0.29, 0.717) is 18.7 Å². The third kappa shape index (κ3) is 3.50. The van der Waals surface area contributed by atoms with Crippen LogP contribution in [0.4, 0.5) is 8.78 Å². The van der Waals surface area contributed by atoms with E-state index in [0.717, 1.165) is 25.0 Å². The van der Waals surface area contributed by atoms with E-state index in [1.54, 1.807) is 4.90 Å². The lowest BCUT2D eigenvalue weighted by Gasteiger charge is -2.32. The van der Waals surface area contributed by atoms with Crippen LogP contribution in [0.5, 0.6) is 0 Å². The van der Waals surface area contributed by atoms with E-state index in [1.807, 2.05) is 0 Å². The van der Waals surface area contributed by atoms with Crippen molar-refractivity contribution in [3.63, 3.8) is 0 Å². The number of nitrogens with zero attached hydrogens (tertiary/aromatic N) is 1. The summed E-state index contributed by atoms with van der Waals surface area (Å²) in [6.45, 7) is 1.28. The van der Waals surface area contributed by atoms with Crippen LogP contribution in [0.2, 0.25) is 0 Å². The summed E-state index contributed by atoms with van der Waals surface area (Å²) >= 11 is 0. The molecular weight excluding hydrogens is 252 g/mol. The van der Waals surface area contributed by atoms with Gasteiger partial charge < -0.3 is 10.0 Å². The van der Waals surface area contributed by atoms with Crippen LogP contribution in [0.1, 0.15) is 18.4 Å². The third-order valence-electron chi connectivity index (χ3n) is 3.47. The molecule has 0 aromatic heterocycles. The highest BCUT2D eigenvalue weighted by Gasteiger charge is 2.23. The topological polar surface area (TPSA) is 40.5 Å². The predicted octanol–water partition coefficient (Wildman–Crippen LogP) is 1.74. The molecule has 1 atom stereocenters. The molecule has 19 heavy (non-hydrogen) atoms. The fourth-order valence-electron chi connectivity index (χ4n) is 2.38. The van der Waals surface area contributed by atoms with Crippen molar-refractivity contribution in [3.8, 4) is 0 Å². The molecule has 1 aromatic carbocycles. The molecule has 1 amide bonds. The molecule has 1 saturated heterocycles. The molecule has 0 spiro atoms. The van der Waals surface area contributed by atoms with Crippen molar-refractivity contribution in [2.75, 3.05) is 19.7 Å². The molecule has 3 nitrogen and oxygen atoms in total. The largest absolute Gasteiger partial charge is 0.396 e. The van der Waals surface area contributed by atoms with Gasteiger partial charge in [0, 0.05) is 19.7 Å². The number of carbonyl (C=O) groups excluding carboxylic acids is 1. The zero-order valence-electron chi connectivity index (χ0n) is 10.6. The highest BCUT2D eigenvalue weighted by Crippen LogP contribution is 2.17. The average molecular weight is 269 g/mol. The van der Waals surface area contributed by atoms with Gasteiger partial charge in [0.15, 0.2) is 11.6 Å². The van der Waals surface area contributed by atoms with E-state index in [9.17, 15) is 13.6 Å². The van der Waals surface area contributed by atoms with Crippen LogP contribution in [0.3, 0.4) is 0 Å². The van der Waals surface area contributed by atoms with Crippen molar-refractivity contribution in [3.05, 3.63) is 35.4 Å². The first-order chi connectivity index (χ1) is 9.10. The monoisotopic (exact) mass is 269 g/mol. The number of halogens is 2. The number of amides is 1. The molecule has 1 aliphatic heterocycles. The normalized spacial score (nSPS) is 19.5. The van der Waals surface area contributed by atoms with Gasteiger partial charge >= 0.3 is 0 Å². The van der Waals surface area contributed by atoms with Crippen LogP contribution < -0.4 is 0 Å². The highest BCUT2D eigenvalue weighted by molar-refractivity contribution is 5.78. The summed E-state index contributed by atoms with van der Waals surface area (Å²) in [5.41, 5.74) is 0.468. The number of rotatable bonds is 3. The number of piperidine rings is 1. The van der Waals surface area contributed by atoms with Crippen LogP contribution in [0, 0.1) is 17.6 Å². The van der Waals surface area contributed by atoms with Crippen molar-refractivity contribution in [2.45, 2.75) is 19.3 Å². The number of hydrogen-bond acceptors (Lipinski definition) is 2. The molecule has 1 aliphatic rings. The number of benzene rings is 1. The van der Waals surface area contributed by atoms with E-state index in [-0.39, 0.29) is 24.9 Å². The van der Waals surface area contributed by atoms with Gasteiger partial charge in [-0.05, 0) is 36.5 Å². The summed E-state index contributed by atoms with van der Waals surface area (Å²) in [5.74, 6) is -1.82. The Kier molecular flexibility index (Phi) is 4.47. The van der Waals surface area contributed by atoms with Crippen LogP contribution in [0.25, 0.3) is 0 Å². The van der Waals surface area contributed by atoms with E-state index >= 15 is 0 Å². The number of aliphatic hydroxyl groups excluding tert-OH is 1. The lowest BCUT2D eigenvalue weighted by Crippen LogP contribution is -2.41. The second-order valence-electron chi connectivity index (χ2n) is 4.96. The zero-order chi connectivity index (χ0) is 13.8. The molecule has 0 saturated carbocycles. The Labute approximate surface area is 110 Å². The quantitative estimate of drug-likeness (QED) is 0.908. The van der Waals surface area contributed by atoms with Crippen LogP contribution in [-0.2, 0) is 11.2 Å². The molecular formula is C14H17F2NO2. The number of likely N-dealkylation sites (tertiary alicyclic amines) is 1. The van der Waals surface area contributed by atoms with Crippen molar-refractivity contribution in [2.24, 2.45) is 5.92 Å². The molecule has 1 fully saturated rings. The van der Waals surface area contributed by atoms with Crippen LogP contribution >= 0.6 is 0 Å². The van der Waals surface area contributed by atoms with Gasteiger partial charge in [0.05, 0.1) is 6.42 Å². The van der Waals surface area contributed by atoms with Crippen LogP contribution in [0.15, 0.2) is 18.2 Å². The van der Waals surface area contributed by atoms with Crippen molar-refractivity contribution < 1.29 is 18.7 Å². The number of aliphatic hydroxyl groups is 1. The highest BCUT2D eigenvalue weighted by atomic mass is 19.2. The summed E-state index contributed by atoms with van der Waals surface area (Å²) in [6, 6.07) is 3.51. The van der Waals surface area contributed by atoms with Gasteiger partial charge in [0.2, 0.25) is 5.91 Å². The molecule has 1 heterocycles. The predicted molar refractivity (Wildman–Crippen MR) is 66.5 cm³/mol. The van der Waals surface area contributed by atoms with Gasteiger partial charge in [-0.2, -0.15) is 0 Å². The smallest absolute Gasteiger partial charge is 0.227 e. The SMILES string of the molecule is O=C(Cc1ccc(F)c(F)c1)N1CCCC(CO)C1. The van der Waals surface area contributed by atoms with Gasteiger partial charge in [-0.15, -0.1) is 0 Å². The molecule has 1 unspecified atom stereocenters. The second-order valence-corrected chi connectivity index (χ2v) is 4.96. The van der Waals surface area contributed by atoms with E-state index < -0.39 is 11.6 Å². The van der Waals surface area contributed by atoms with Crippen molar-refractivity contribution in [1.29, 1.82) is 0 Å². The minimum absolute atomic E-state index is 0.0648. The molecule has 0 radical (unpaired) electrons. The minimum atomic E-state index is -0.933. The summed E-state index contributed by atoms with van der Waals surface area (Å²) in [4.78, 5) is 13.7. The maximum Gasteiger partial charge on any atom is 0.227 e. The maximum absolute atomic E-state index is 13.1. The van der Waals surface area contributed by atoms with Gasteiger partial charge in [0.1, 0.15) is 0 Å². The van der Waals surface area contributed by atoms with E-state index in [2.05, 4.69) is 0 Å². The Morgan fingerprint density at radius 2 is 2.16 bits per heavy atom. The fourth-order valence-corrected chi connectivity index (χ4v) is 2.38. The Balaban J connectivity index is 1.98. The molecule has 5 heteroatoms. The van der Waals surface area contributed by atoms with Crippen molar-refractivity contribution >= 4 is 5.91 Å². The zero-order valence-corrected chi connectivity index (χ0v) is 10.6. The Morgan fingerprint density at radius 1 is 1.37 bits per heavy atom. The lowest BCUT2D eigenvalue weighted by atomic mass is 9.98. The van der Waals surface area contributed by atoms with Crippen molar-refractivity contribution in [1.82, 2.24) is 4.90 Å².